The van der Waals surface area contributed by atoms with Crippen molar-refractivity contribution in [3.63, 3.8) is 0 Å². The Kier molecular flexibility index (Phi) is 3.51. The van der Waals surface area contributed by atoms with Gasteiger partial charge in [0, 0.05) is 5.02 Å². The van der Waals surface area contributed by atoms with Crippen molar-refractivity contribution in [2.75, 3.05) is 16.7 Å². The molecular weight excluding hydrogens is 279 g/mol. The van der Waals surface area contributed by atoms with Crippen LogP contribution in [0.4, 0.5) is 15.8 Å². The molecule has 20 heavy (non-hydrogen) atoms. The first-order valence-corrected chi connectivity index (χ1v) is 6.73. The maximum Gasteiger partial charge on any atom is 0.148 e. The molecule has 1 saturated heterocycles. The minimum atomic E-state index is -0.274. The second-order valence-electron chi connectivity index (χ2n) is 4.57. The number of ether oxygens (including phenoxy) is 1. The number of hydrogen-bond donors (Lipinski definition) is 0. The van der Waals surface area contributed by atoms with Crippen LogP contribution in [0.25, 0.3) is 0 Å². The van der Waals surface area contributed by atoms with Crippen molar-refractivity contribution in [2.24, 2.45) is 0 Å². The summed E-state index contributed by atoms with van der Waals surface area (Å²) >= 11 is 5.90. The highest BCUT2D eigenvalue weighted by molar-refractivity contribution is 6.30. The van der Waals surface area contributed by atoms with E-state index < -0.39 is 0 Å². The van der Waals surface area contributed by atoms with Crippen molar-refractivity contribution in [1.29, 1.82) is 0 Å². The van der Waals surface area contributed by atoms with Gasteiger partial charge in [-0.25, -0.2) is 4.39 Å². The van der Waals surface area contributed by atoms with Crippen molar-refractivity contribution in [1.82, 2.24) is 0 Å². The van der Waals surface area contributed by atoms with Crippen molar-refractivity contribution in [2.45, 2.75) is 13.2 Å². The van der Waals surface area contributed by atoms with Crippen molar-refractivity contribution >= 4 is 23.0 Å². The molecule has 2 aromatic rings. The molecule has 2 aromatic carbocycles. The lowest BCUT2D eigenvalue weighted by Crippen LogP contribution is -2.41. The number of hydrogen-bond acceptors (Lipinski definition) is 3. The van der Waals surface area contributed by atoms with Gasteiger partial charge in [0.15, 0.2) is 0 Å². The summed E-state index contributed by atoms with van der Waals surface area (Å²) < 4.78 is 19.6. The predicted molar refractivity (Wildman–Crippen MR) is 78.2 cm³/mol. The van der Waals surface area contributed by atoms with Crippen LogP contribution in [-0.2, 0) is 4.74 Å². The number of hydrazine groups is 1. The Morgan fingerprint density at radius 3 is 2.55 bits per heavy atom. The molecule has 0 radical (unpaired) electrons. The Morgan fingerprint density at radius 2 is 1.85 bits per heavy atom. The van der Waals surface area contributed by atoms with E-state index in [1.54, 1.807) is 29.3 Å². The number of para-hydroxylation sites is 1. The van der Waals surface area contributed by atoms with Crippen LogP contribution in [0.15, 0.2) is 48.5 Å². The Hall–Kier alpha value is -1.78. The molecule has 1 aliphatic heterocycles. The summed E-state index contributed by atoms with van der Waals surface area (Å²) in [6.45, 7) is 2.26. The van der Waals surface area contributed by atoms with Crippen LogP contribution in [0.1, 0.15) is 6.92 Å². The standard InChI is InChI=1S/C15H14ClFN2O/c1-11-19(15-5-3-2-4-14(15)17)18(10-20-11)13-8-6-12(16)7-9-13/h2-9,11H,10H2,1H3. The zero-order valence-corrected chi connectivity index (χ0v) is 11.7. The van der Waals surface area contributed by atoms with Gasteiger partial charge in [-0.2, -0.15) is 0 Å². The highest BCUT2D eigenvalue weighted by Gasteiger charge is 2.31. The van der Waals surface area contributed by atoms with E-state index in [0.717, 1.165) is 5.69 Å². The molecule has 3 rings (SSSR count). The summed E-state index contributed by atoms with van der Waals surface area (Å²) in [6.07, 6.45) is -0.234. The Morgan fingerprint density at radius 1 is 1.15 bits per heavy atom. The zero-order valence-electron chi connectivity index (χ0n) is 11.0. The van der Waals surface area contributed by atoms with E-state index in [2.05, 4.69) is 0 Å². The van der Waals surface area contributed by atoms with Crippen LogP contribution < -0.4 is 10.0 Å². The molecule has 1 aliphatic rings. The lowest BCUT2D eigenvalue weighted by Gasteiger charge is -2.32. The van der Waals surface area contributed by atoms with Crippen LogP contribution in [0, 0.1) is 5.82 Å². The molecule has 0 aliphatic carbocycles. The van der Waals surface area contributed by atoms with Gasteiger partial charge >= 0.3 is 0 Å². The minimum absolute atomic E-state index is 0.234. The van der Waals surface area contributed by atoms with Gasteiger partial charge in [0.25, 0.3) is 0 Å². The average molecular weight is 293 g/mol. The molecule has 1 heterocycles. The fourth-order valence-electron chi connectivity index (χ4n) is 2.28. The first kappa shape index (κ1) is 13.2. The van der Waals surface area contributed by atoms with E-state index in [0.29, 0.717) is 17.4 Å². The molecule has 3 nitrogen and oxygen atoms in total. The maximum atomic E-state index is 14.0. The molecule has 0 amide bonds. The normalized spacial score (nSPS) is 18.6. The van der Waals surface area contributed by atoms with Gasteiger partial charge in [-0.05, 0) is 43.3 Å². The molecule has 0 aromatic heterocycles. The topological polar surface area (TPSA) is 15.7 Å². The van der Waals surface area contributed by atoms with Crippen LogP contribution in [-0.4, -0.2) is 13.0 Å². The molecular formula is C15H14ClFN2O. The van der Waals surface area contributed by atoms with Gasteiger partial charge in [0.05, 0.1) is 11.4 Å². The molecule has 0 spiro atoms. The molecule has 0 saturated carbocycles. The summed E-state index contributed by atoms with van der Waals surface area (Å²) in [4.78, 5) is 0. The van der Waals surface area contributed by atoms with E-state index in [4.69, 9.17) is 16.3 Å². The molecule has 5 heteroatoms. The highest BCUT2D eigenvalue weighted by Crippen LogP contribution is 2.31. The Labute approximate surface area is 122 Å². The third-order valence-electron chi connectivity index (χ3n) is 3.27. The second-order valence-corrected chi connectivity index (χ2v) is 5.00. The fraction of sp³-hybridized carbons (Fsp3) is 0.200. The van der Waals surface area contributed by atoms with Crippen molar-refractivity contribution in [3.05, 3.63) is 59.4 Å². The number of halogens is 2. The average Bonchev–Trinajstić information content (AvgIpc) is 2.82. The Bertz CT molecular complexity index is 605. The van der Waals surface area contributed by atoms with Crippen LogP contribution in [0.2, 0.25) is 5.02 Å². The van der Waals surface area contributed by atoms with Crippen LogP contribution >= 0.6 is 11.6 Å². The van der Waals surface area contributed by atoms with E-state index in [-0.39, 0.29) is 12.0 Å². The summed E-state index contributed by atoms with van der Waals surface area (Å²) in [7, 11) is 0. The molecule has 0 N–H and O–H groups in total. The van der Waals surface area contributed by atoms with E-state index >= 15 is 0 Å². The monoisotopic (exact) mass is 292 g/mol. The molecule has 1 fully saturated rings. The number of benzene rings is 2. The molecule has 1 atom stereocenters. The molecule has 0 bridgehead atoms. The van der Waals surface area contributed by atoms with E-state index in [9.17, 15) is 4.39 Å². The lowest BCUT2D eigenvalue weighted by atomic mass is 10.3. The number of rotatable bonds is 2. The smallest absolute Gasteiger partial charge is 0.148 e. The molecule has 1 unspecified atom stereocenters. The zero-order chi connectivity index (χ0) is 14.1. The summed E-state index contributed by atoms with van der Waals surface area (Å²) in [5.41, 5.74) is 1.40. The predicted octanol–water partition coefficient (Wildman–Crippen LogP) is 4.04. The number of nitrogens with zero attached hydrogens (tertiary/aromatic N) is 2. The van der Waals surface area contributed by atoms with Gasteiger partial charge in [0.1, 0.15) is 18.8 Å². The molecule has 104 valence electrons. The quantitative estimate of drug-likeness (QED) is 0.831. The SMILES string of the molecule is CC1OCN(c2ccc(Cl)cc2)N1c1ccccc1F. The van der Waals surface area contributed by atoms with E-state index in [1.165, 1.54) is 6.07 Å². The van der Waals surface area contributed by atoms with Crippen molar-refractivity contribution < 1.29 is 9.13 Å². The maximum absolute atomic E-state index is 14.0. The number of anilines is 2. The fourth-order valence-corrected chi connectivity index (χ4v) is 2.41. The summed E-state index contributed by atoms with van der Waals surface area (Å²) in [5, 5.41) is 4.36. The first-order chi connectivity index (χ1) is 9.66. The minimum Gasteiger partial charge on any atom is -0.335 e. The second kappa shape index (κ2) is 5.31. The third kappa shape index (κ3) is 2.32. The van der Waals surface area contributed by atoms with Crippen LogP contribution in [0.3, 0.4) is 0 Å². The third-order valence-corrected chi connectivity index (χ3v) is 3.52. The summed E-state index contributed by atoms with van der Waals surface area (Å²) in [6, 6.07) is 14.0. The van der Waals surface area contributed by atoms with Gasteiger partial charge < -0.3 is 4.74 Å². The van der Waals surface area contributed by atoms with Crippen LogP contribution in [0.5, 0.6) is 0 Å². The van der Waals surface area contributed by atoms with Gasteiger partial charge in [-0.3, -0.25) is 10.0 Å². The Balaban J connectivity index is 1.99. The first-order valence-electron chi connectivity index (χ1n) is 6.35. The van der Waals surface area contributed by atoms with Gasteiger partial charge in [-0.1, -0.05) is 23.7 Å². The lowest BCUT2D eigenvalue weighted by molar-refractivity contribution is 0.126. The van der Waals surface area contributed by atoms with E-state index in [1.807, 2.05) is 30.1 Å². The highest BCUT2D eigenvalue weighted by atomic mass is 35.5. The summed E-state index contributed by atoms with van der Waals surface area (Å²) in [5.74, 6) is -0.274. The van der Waals surface area contributed by atoms with Gasteiger partial charge in [0.2, 0.25) is 0 Å². The largest absolute Gasteiger partial charge is 0.335 e. The van der Waals surface area contributed by atoms with Crippen molar-refractivity contribution in [3.8, 4) is 0 Å². The van der Waals surface area contributed by atoms with Gasteiger partial charge in [-0.15, -0.1) is 0 Å².